The number of likely N-dealkylation sites (tertiary alicyclic amines) is 1. The molecule has 0 bridgehead atoms. The van der Waals surface area contributed by atoms with Crippen LogP contribution >= 0.6 is 0 Å². The van der Waals surface area contributed by atoms with E-state index in [1.165, 1.54) is 29.2 Å². The summed E-state index contributed by atoms with van der Waals surface area (Å²) in [6, 6.07) is 5.83. The van der Waals surface area contributed by atoms with Crippen LogP contribution in [-0.4, -0.2) is 49.1 Å². The molecule has 0 radical (unpaired) electrons. The van der Waals surface area contributed by atoms with Crippen LogP contribution in [0.3, 0.4) is 0 Å². The topological polar surface area (TPSA) is 91.8 Å². The molecule has 6 nitrogen and oxygen atoms in total. The van der Waals surface area contributed by atoms with Crippen LogP contribution in [0.5, 0.6) is 0 Å². The van der Waals surface area contributed by atoms with Crippen LogP contribution < -0.4 is 0 Å². The largest absolute Gasteiger partial charge is 0.481 e. The van der Waals surface area contributed by atoms with Gasteiger partial charge in [-0.1, -0.05) is 20.8 Å². The fraction of sp³-hybridized carbons (Fsp3) is 0.529. The zero-order valence-electron chi connectivity index (χ0n) is 14.2. The lowest BCUT2D eigenvalue weighted by molar-refractivity contribution is -0.150. The minimum Gasteiger partial charge on any atom is -0.481 e. The average molecular weight is 353 g/mol. The fourth-order valence-electron chi connectivity index (χ4n) is 3.05. The van der Waals surface area contributed by atoms with Gasteiger partial charge in [-0.05, 0) is 36.6 Å². The molecule has 1 heterocycles. The zero-order chi connectivity index (χ0) is 18.1. The van der Waals surface area contributed by atoms with Crippen molar-refractivity contribution in [2.45, 2.75) is 32.1 Å². The van der Waals surface area contributed by atoms with E-state index >= 15 is 0 Å². The molecule has 2 rings (SSSR count). The molecule has 1 aromatic carbocycles. The molecule has 0 saturated carbocycles. The summed E-state index contributed by atoms with van der Waals surface area (Å²) in [5.74, 6) is -1.22. The van der Waals surface area contributed by atoms with E-state index in [0.29, 0.717) is 18.5 Å². The predicted octanol–water partition coefficient (Wildman–Crippen LogP) is 2.05. The zero-order valence-corrected chi connectivity index (χ0v) is 15.0. The van der Waals surface area contributed by atoms with Crippen molar-refractivity contribution in [3.05, 3.63) is 29.8 Å². The van der Waals surface area contributed by atoms with Crippen molar-refractivity contribution in [3.63, 3.8) is 0 Å². The second-order valence-electron chi connectivity index (χ2n) is 6.52. The molecule has 24 heavy (non-hydrogen) atoms. The summed E-state index contributed by atoms with van der Waals surface area (Å²) in [6.45, 7) is 5.83. The summed E-state index contributed by atoms with van der Waals surface area (Å²) in [5.41, 5.74) is -0.545. The molecule has 1 saturated heterocycles. The maximum Gasteiger partial charge on any atom is 0.311 e. The molecule has 1 aromatic rings. The average Bonchev–Trinajstić information content (AvgIpc) is 3.01. The van der Waals surface area contributed by atoms with E-state index in [1.807, 2.05) is 13.8 Å². The number of carbonyl (C=O) groups excluding carboxylic acids is 1. The van der Waals surface area contributed by atoms with Crippen molar-refractivity contribution < 1.29 is 23.1 Å². The Balaban J connectivity index is 2.20. The van der Waals surface area contributed by atoms with E-state index in [0.717, 1.165) is 0 Å². The van der Waals surface area contributed by atoms with Gasteiger partial charge in [-0.25, -0.2) is 8.42 Å². The number of sulfone groups is 1. The Labute approximate surface area is 142 Å². The first-order valence-electron chi connectivity index (χ1n) is 7.99. The Bertz CT molecular complexity index is 739. The predicted molar refractivity (Wildman–Crippen MR) is 89.6 cm³/mol. The summed E-state index contributed by atoms with van der Waals surface area (Å²) < 4.78 is 23.6. The smallest absolute Gasteiger partial charge is 0.311 e. The molecular formula is C17H23NO5S. The molecule has 0 aliphatic carbocycles. The summed E-state index contributed by atoms with van der Waals surface area (Å²) in [7, 11) is -3.30. The Morgan fingerprint density at radius 3 is 2.25 bits per heavy atom. The SMILES string of the molecule is CCS(=O)(=O)c1ccc(C(=O)N2CCC(C(=O)O)(C(C)C)C2)cc1. The van der Waals surface area contributed by atoms with Crippen LogP contribution in [0.1, 0.15) is 37.6 Å². The van der Waals surface area contributed by atoms with Crippen LogP contribution in [0.25, 0.3) is 0 Å². The minimum absolute atomic E-state index is 0.00192. The number of hydrogen-bond donors (Lipinski definition) is 1. The number of benzene rings is 1. The van der Waals surface area contributed by atoms with Gasteiger partial charge in [0.2, 0.25) is 0 Å². The third-order valence-electron chi connectivity index (χ3n) is 4.96. The van der Waals surface area contributed by atoms with E-state index in [2.05, 4.69) is 0 Å². The van der Waals surface area contributed by atoms with Gasteiger partial charge in [0.05, 0.1) is 16.1 Å². The van der Waals surface area contributed by atoms with E-state index in [4.69, 9.17) is 0 Å². The lowest BCUT2D eigenvalue weighted by Crippen LogP contribution is -2.40. The highest BCUT2D eigenvalue weighted by atomic mass is 32.2. The lowest BCUT2D eigenvalue weighted by Gasteiger charge is -2.28. The van der Waals surface area contributed by atoms with Gasteiger partial charge in [0.25, 0.3) is 5.91 Å². The maximum absolute atomic E-state index is 12.6. The van der Waals surface area contributed by atoms with Crippen molar-refractivity contribution in [1.29, 1.82) is 0 Å². The molecule has 0 aromatic heterocycles. The van der Waals surface area contributed by atoms with Gasteiger partial charge in [-0.15, -0.1) is 0 Å². The minimum atomic E-state index is -3.30. The maximum atomic E-state index is 12.6. The number of amides is 1. The Hall–Kier alpha value is -1.89. The Kier molecular flexibility index (Phi) is 5.03. The van der Waals surface area contributed by atoms with Crippen LogP contribution in [0.15, 0.2) is 29.2 Å². The number of rotatable bonds is 5. The summed E-state index contributed by atoms with van der Waals surface area (Å²) >= 11 is 0. The normalized spacial score (nSPS) is 21.2. The van der Waals surface area contributed by atoms with Gasteiger partial charge in [0.1, 0.15) is 0 Å². The number of aliphatic carboxylic acids is 1. The van der Waals surface area contributed by atoms with Crippen LogP contribution in [0.4, 0.5) is 0 Å². The van der Waals surface area contributed by atoms with E-state index in [-0.39, 0.29) is 29.0 Å². The van der Waals surface area contributed by atoms with Gasteiger partial charge in [0.15, 0.2) is 9.84 Å². The number of carboxylic acid groups (broad SMARTS) is 1. The first-order valence-corrected chi connectivity index (χ1v) is 9.65. The van der Waals surface area contributed by atoms with Crippen molar-refractivity contribution in [3.8, 4) is 0 Å². The quantitative estimate of drug-likeness (QED) is 0.875. The summed E-state index contributed by atoms with van der Waals surface area (Å²) in [6.07, 6.45) is 0.425. The highest BCUT2D eigenvalue weighted by Gasteiger charge is 2.48. The number of carbonyl (C=O) groups is 2. The summed E-state index contributed by atoms with van der Waals surface area (Å²) in [4.78, 5) is 26.0. The Morgan fingerprint density at radius 2 is 1.83 bits per heavy atom. The van der Waals surface area contributed by atoms with E-state index in [9.17, 15) is 23.1 Å². The molecule has 1 atom stereocenters. The first-order chi connectivity index (χ1) is 11.1. The molecule has 1 fully saturated rings. The highest BCUT2D eigenvalue weighted by molar-refractivity contribution is 7.91. The van der Waals surface area contributed by atoms with Gasteiger partial charge in [0, 0.05) is 18.7 Å². The third kappa shape index (κ3) is 3.17. The highest BCUT2D eigenvalue weighted by Crippen LogP contribution is 2.38. The molecule has 1 amide bonds. The first kappa shape index (κ1) is 18.4. The van der Waals surface area contributed by atoms with Crippen molar-refractivity contribution in [2.24, 2.45) is 11.3 Å². The van der Waals surface area contributed by atoms with Crippen LogP contribution in [0, 0.1) is 11.3 Å². The van der Waals surface area contributed by atoms with E-state index < -0.39 is 21.2 Å². The molecule has 0 spiro atoms. The van der Waals surface area contributed by atoms with Crippen LogP contribution in [0.2, 0.25) is 0 Å². The number of nitrogens with zero attached hydrogens (tertiary/aromatic N) is 1. The molecular weight excluding hydrogens is 330 g/mol. The molecule has 7 heteroatoms. The molecule has 132 valence electrons. The fourth-order valence-corrected chi connectivity index (χ4v) is 3.94. The third-order valence-corrected chi connectivity index (χ3v) is 6.71. The monoisotopic (exact) mass is 353 g/mol. The van der Waals surface area contributed by atoms with Gasteiger partial charge < -0.3 is 10.0 Å². The second kappa shape index (κ2) is 6.55. The van der Waals surface area contributed by atoms with Gasteiger partial charge >= 0.3 is 5.97 Å². The lowest BCUT2D eigenvalue weighted by atomic mass is 9.76. The summed E-state index contributed by atoms with van der Waals surface area (Å²) in [5, 5.41) is 9.55. The van der Waals surface area contributed by atoms with Gasteiger partial charge in [-0.2, -0.15) is 0 Å². The number of carboxylic acids is 1. The van der Waals surface area contributed by atoms with Crippen molar-refractivity contribution >= 4 is 21.7 Å². The van der Waals surface area contributed by atoms with Gasteiger partial charge in [-0.3, -0.25) is 9.59 Å². The van der Waals surface area contributed by atoms with E-state index in [1.54, 1.807) is 6.92 Å². The standard InChI is InChI=1S/C17H23NO5S/c1-4-24(22,23)14-7-5-13(6-8-14)15(19)18-10-9-17(11-18,12(2)3)16(20)21/h5-8,12H,4,9-11H2,1-3H3,(H,20,21). The van der Waals surface area contributed by atoms with Crippen molar-refractivity contribution in [2.75, 3.05) is 18.8 Å². The molecule has 1 unspecified atom stereocenters. The molecule has 1 aliphatic heterocycles. The second-order valence-corrected chi connectivity index (χ2v) is 8.80. The Morgan fingerprint density at radius 1 is 1.25 bits per heavy atom. The van der Waals surface area contributed by atoms with Crippen LogP contribution in [-0.2, 0) is 14.6 Å². The number of hydrogen-bond acceptors (Lipinski definition) is 4. The molecule has 1 N–H and O–H groups in total. The van der Waals surface area contributed by atoms with Crippen molar-refractivity contribution in [1.82, 2.24) is 4.90 Å². The molecule has 1 aliphatic rings.